The van der Waals surface area contributed by atoms with Crippen LogP contribution in [-0.4, -0.2) is 36.1 Å². The van der Waals surface area contributed by atoms with Gasteiger partial charge in [0, 0.05) is 19.1 Å². The molecule has 2 heterocycles. The van der Waals surface area contributed by atoms with E-state index in [-0.39, 0.29) is 5.82 Å². The van der Waals surface area contributed by atoms with E-state index in [0.717, 1.165) is 19.5 Å². The molecule has 2 unspecified atom stereocenters. The van der Waals surface area contributed by atoms with Crippen molar-refractivity contribution in [3.05, 3.63) is 17.8 Å². The summed E-state index contributed by atoms with van der Waals surface area (Å²) in [5, 5.41) is 3.29. The van der Waals surface area contributed by atoms with Crippen LogP contribution < -0.4 is 10.2 Å². The first-order valence-corrected chi connectivity index (χ1v) is 7.09. The molecule has 1 aliphatic heterocycles. The molecule has 0 aromatic carbocycles. The topological polar surface area (TPSA) is 41.1 Å². The maximum Gasteiger partial charge on any atom is 0.187 e. The maximum absolute atomic E-state index is 14.3. The van der Waals surface area contributed by atoms with Gasteiger partial charge in [0.25, 0.3) is 0 Å². The fourth-order valence-corrected chi connectivity index (χ4v) is 2.71. The third-order valence-corrected chi connectivity index (χ3v) is 4.10. The molecular weight excluding hydrogens is 243 g/mol. The highest BCUT2D eigenvalue weighted by molar-refractivity contribution is 5.41. The highest BCUT2D eigenvalue weighted by Gasteiger charge is 2.26. The summed E-state index contributed by atoms with van der Waals surface area (Å²) in [4.78, 5) is 10.2. The lowest BCUT2D eigenvalue weighted by Gasteiger charge is -2.36. The first kappa shape index (κ1) is 14.2. The second-order valence-electron chi connectivity index (χ2n) is 5.24. The van der Waals surface area contributed by atoms with E-state index in [0.29, 0.717) is 29.9 Å². The number of rotatable bonds is 4. The maximum atomic E-state index is 14.3. The number of hydrogen-bond acceptors (Lipinski definition) is 4. The summed E-state index contributed by atoms with van der Waals surface area (Å²) in [5.41, 5.74) is 0.508. The molecule has 0 radical (unpaired) electrons. The van der Waals surface area contributed by atoms with Gasteiger partial charge in [0.15, 0.2) is 11.6 Å². The van der Waals surface area contributed by atoms with Crippen LogP contribution in [0.3, 0.4) is 0 Å². The monoisotopic (exact) mass is 266 g/mol. The molecule has 4 nitrogen and oxygen atoms in total. The Kier molecular flexibility index (Phi) is 4.69. The molecule has 0 saturated carbocycles. The van der Waals surface area contributed by atoms with E-state index in [4.69, 9.17) is 0 Å². The zero-order valence-corrected chi connectivity index (χ0v) is 12.0. The predicted octanol–water partition coefficient (Wildman–Crippen LogP) is 2.00. The molecule has 0 aliphatic carbocycles. The van der Waals surface area contributed by atoms with Crippen LogP contribution in [0.5, 0.6) is 0 Å². The van der Waals surface area contributed by atoms with Gasteiger partial charge in [-0.1, -0.05) is 6.92 Å². The molecule has 1 fully saturated rings. The van der Waals surface area contributed by atoms with E-state index in [1.807, 2.05) is 14.0 Å². The molecule has 1 saturated heterocycles. The van der Waals surface area contributed by atoms with Crippen molar-refractivity contribution in [1.82, 2.24) is 15.3 Å². The molecule has 0 amide bonds. The molecule has 106 valence electrons. The van der Waals surface area contributed by atoms with Crippen molar-refractivity contribution in [2.75, 3.05) is 25.0 Å². The van der Waals surface area contributed by atoms with Gasteiger partial charge in [-0.15, -0.1) is 0 Å². The van der Waals surface area contributed by atoms with Gasteiger partial charge >= 0.3 is 0 Å². The van der Waals surface area contributed by atoms with Gasteiger partial charge in [-0.25, -0.2) is 14.4 Å². The summed E-state index contributed by atoms with van der Waals surface area (Å²) < 4.78 is 14.3. The van der Waals surface area contributed by atoms with E-state index in [1.165, 1.54) is 12.7 Å². The van der Waals surface area contributed by atoms with Gasteiger partial charge < -0.3 is 10.2 Å². The number of nitrogens with zero attached hydrogens (tertiary/aromatic N) is 3. The Morgan fingerprint density at radius 2 is 2.32 bits per heavy atom. The largest absolute Gasteiger partial charge is 0.354 e. The van der Waals surface area contributed by atoms with Crippen LogP contribution in [0.1, 0.15) is 32.4 Å². The molecule has 0 spiro atoms. The number of aromatic nitrogens is 2. The fourth-order valence-electron chi connectivity index (χ4n) is 2.71. The highest BCUT2D eigenvalue weighted by atomic mass is 19.1. The van der Waals surface area contributed by atoms with Gasteiger partial charge in [0.2, 0.25) is 0 Å². The van der Waals surface area contributed by atoms with Crippen LogP contribution in [0.4, 0.5) is 10.2 Å². The van der Waals surface area contributed by atoms with Crippen molar-refractivity contribution >= 4 is 5.82 Å². The Hall–Kier alpha value is -1.23. The summed E-state index contributed by atoms with van der Waals surface area (Å²) in [6, 6.07) is 0.443. The van der Waals surface area contributed by atoms with Crippen LogP contribution in [0, 0.1) is 11.7 Å². The number of anilines is 1. The zero-order chi connectivity index (χ0) is 13.8. The molecule has 2 rings (SSSR count). The van der Waals surface area contributed by atoms with Gasteiger partial charge in [-0.3, -0.25) is 0 Å². The summed E-state index contributed by atoms with van der Waals surface area (Å²) >= 11 is 0. The average molecular weight is 266 g/mol. The SMILES string of the molecule is CCc1ncnc(N2CCCC(C(C)NC)C2)c1F. The molecule has 2 atom stereocenters. The smallest absolute Gasteiger partial charge is 0.187 e. The van der Waals surface area contributed by atoms with E-state index >= 15 is 0 Å². The van der Waals surface area contributed by atoms with Crippen LogP contribution in [-0.2, 0) is 6.42 Å². The van der Waals surface area contributed by atoms with Gasteiger partial charge in [-0.2, -0.15) is 0 Å². The molecule has 1 N–H and O–H groups in total. The Balaban J connectivity index is 2.17. The van der Waals surface area contributed by atoms with Gasteiger partial charge in [0.05, 0.1) is 5.69 Å². The lowest BCUT2D eigenvalue weighted by Crippen LogP contribution is -2.44. The van der Waals surface area contributed by atoms with Crippen molar-refractivity contribution in [2.45, 2.75) is 39.2 Å². The standard InChI is InChI=1S/C14H23FN4/c1-4-12-13(15)14(18-9-17-12)19-7-5-6-11(8-19)10(2)16-3/h9-11,16H,4-8H2,1-3H3. The van der Waals surface area contributed by atoms with E-state index < -0.39 is 0 Å². The molecule has 0 bridgehead atoms. The minimum absolute atomic E-state index is 0.247. The summed E-state index contributed by atoms with van der Waals surface area (Å²) in [6.45, 7) is 5.84. The quantitative estimate of drug-likeness (QED) is 0.905. The lowest BCUT2D eigenvalue weighted by atomic mass is 9.91. The molecule has 19 heavy (non-hydrogen) atoms. The first-order chi connectivity index (χ1) is 9.17. The van der Waals surface area contributed by atoms with Crippen molar-refractivity contribution in [3.63, 3.8) is 0 Å². The van der Waals surface area contributed by atoms with Crippen molar-refractivity contribution in [2.24, 2.45) is 5.92 Å². The Labute approximate surface area is 114 Å². The van der Waals surface area contributed by atoms with E-state index in [9.17, 15) is 4.39 Å². The van der Waals surface area contributed by atoms with Crippen LogP contribution in [0.2, 0.25) is 0 Å². The number of halogens is 1. The predicted molar refractivity (Wildman–Crippen MR) is 74.8 cm³/mol. The normalized spacial score (nSPS) is 21.5. The van der Waals surface area contributed by atoms with Gasteiger partial charge in [0.1, 0.15) is 6.33 Å². The molecular formula is C14H23FN4. The van der Waals surface area contributed by atoms with Crippen molar-refractivity contribution in [1.29, 1.82) is 0 Å². The summed E-state index contributed by atoms with van der Waals surface area (Å²) in [5.74, 6) is 0.765. The fraction of sp³-hybridized carbons (Fsp3) is 0.714. The molecule has 1 aliphatic rings. The minimum atomic E-state index is -0.247. The number of hydrogen-bond donors (Lipinski definition) is 1. The minimum Gasteiger partial charge on any atom is -0.354 e. The molecule has 5 heteroatoms. The number of nitrogens with one attached hydrogen (secondary N) is 1. The zero-order valence-electron chi connectivity index (χ0n) is 12.0. The first-order valence-electron chi connectivity index (χ1n) is 7.09. The van der Waals surface area contributed by atoms with Crippen LogP contribution in [0.25, 0.3) is 0 Å². The molecule has 1 aromatic rings. The second-order valence-corrected chi connectivity index (χ2v) is 5.24. The van der Waals surface area contributed by atoms with Crippen LogP contribution >= 0.6 is 0 Å². The Morgan fingerprint density at radius 3 is 3.00 bits per heavy atom. The summed E-state index contributed by atoms with van der Waals surface area (Å²) in [7, 11) is 1.98. The number of piperidine rings is 1. The Morgan fingerprint density at radius 1 is 1.53 bits per heavy atom. The number of aryl methyl sites for hydroxylation is 1. The average Bonchev–Trinajstić information content (AvgIpc) is 2.46. The molecule has 1 aromatic heterocycles. The lowest BCUT2D eigenvalue weighted by molar-refractivity contribution is 0.330. The Bertz CT molecular complexity index is 424. The van der Waals surface area contributed by atoms with Gasteiger partial charge in [-0.05, 0) is 39.2 Å². The van der Waals surface area contributed by atoms with E-state index in [1.54, 1.807) is 0 Å². The highest BCUT2D eigenvalue weighted by Crippen LogP contribution is 2.26. The third-order valence-electron chi connectivity index (χ3n) is 4.10. The third kappa shape index (κ3) is 3.03. The van der Waals surface area contributed by atoms with E-state index in [2.05, 4.69) is 27.1 Å². The summed E-state index contributed by atoms with van der Waals surface area (Å²) in [6.07, 6.45) is 4.35. The second kappa shape index (κ2) is 6.28. The van der Waals surface area contributed by atoms with Crippen molar-refractivity contribution < 1.29 is 4.39 Å². The van der Waals surface area contributed by atoms with Crippen molar-refractivity contribution in [3.8, 4) is 0 Å². The van der Waals surface area contributed by atoms with Crippen LogP contribution in [0.15, 0.2) is 6.33 Å².